The third kappa shape index (κ3) is 4.80. The standard InChI is InChI=1S/C13H26N2/c1-11(2)5-7-14-9-13-6-8-15(10-13)12(3)4/h12-14H,1,5-10H2,2-4H3. The summed E-state index contributed by atoms with van der Waals surface area (Å²) in [6, 6.07) is 0.713. The minimum absolute atomic E-state index is 0.713. The van der Waals surface area contributed by atoms with E-state index in [0.717, 1.165) is 18.9 Å². The Bertz CT molecular complexity index is 199. The van der Waals surface area contributed by atoms with Crippen LogP contribution in [0.2, 0.25) is 0 Å². The molecule has 0 bridgehead atoms. The molecule has 0 aliphatic carbocycles. The highest BCUT2D eigenvalue weighted by molar-refractivity contribution is 4.88. The number of hydrogen-bond acceptors (Lipinski definition) is 2. The quantitative estimate of drug-likeness (QED) is 0.534. The van der Waals surface area contributed by atoms with Crippen LogP contribution in [0.4, 0.5) is 0 Å². The Hall–Kier alpha value is -0.340. The van der Waals surface area contributed by atoms with Crippen molar-refractivity contribution in [2.24, 2.45) is 5.92 Å². The smallest absolute Gasteiger partial charge is 0.00387 e. The summed E-state index contributed by atoms with van der Waals surface area (Å²) in [6.45, 7) is 15.4. The highest BCUT2D eigenvalue weighted by atomic mass is 15.2. The van der Waals surface area contributed by atoms with E-state index in [9.17, 15) is 0 Å². The Morgan fingerprint density at radius 3 is 2.80 bits per heavy atom. The van der Waals surface area contributed by atoms with E-state index in [0.29, 0.717) is 6.04 Å². The summed E-state index contributed by atoms with van der Waals surface area (Å²) in [5, 5.41) is 3.53. The van der Waals surface area contributed by atoms with Gasteiger partial charge < -0.3 is 10.2 Å². The van der Waals surface area contributed by atoms with Crippen molar-refractivity contribution < 1.29 is 0 Å². The van der Waals surface area contributed by atoms with Crippen LogP contribution in [-0.2, 0) is 0 Å². The van der Waals surface area contributed by atoms with Crippen molar-refractivity contribution in [2.45, 2.75) is 39.7 Å². The topological polar surface area (TPSA) is 15.3 Å². The second kappa shape index (κ2) is 6.29. The molecule has 0 aromatic heterocycles. The number of nitrogens with zero attached hydrogens (tertiary/aromatic N) is 1. The van der Waals surface area contributed by atoms with Gasteiger partial charge in [-0.2, -0.15) is 0 Å². The zero-order valence-electron chi connectivity index (χ0n) is 10.6. The summed E-state index contributed by atoms with van der Waals surface area (Å²) in [4.78, 5) is 2.57. The first-order valence-electron chi connectivity index (χ1n) is 6.18. The molecule has 1 unspecified atom stereocenters. The molecular formula is C13H26N2. The number of hydrogen-bond donors (Lipinski definition) is 1. The number of rotatable bonds is 6. The van der Waals surface area contributed by atoms with Gasteiger partial charge in [0.05, 0.1) is 0 Å². The van der Waals surface area contributed by atoms with E-state index in [1.807, 2.05) is 0 Å². The fourth-order valence-corrected chi connectivity index (χ4v) is 2.11. The van der Waals surface area contributed by atoms with E-state index in [4.69, 9.17) is 0 Å². The van der Waals surface area contributed by atoms with Crippen molar-refractivity contribution >= 4 is 0 Å². The predicted molar refractivity (Wildman–Crippen MR) is 67.1 cm³/mol. The van der Waals surface area contributed by atoms with Gasteiger partial charge in [-0.25, -0.2) is 0 Å². The molecule has 1 N–H and O–H groups in total. The normalized spacial score (nSPS) is 22.5. The van der Waals surface area contributed by atoms with E-state index >= 15 is 0 Å². The molecule has 0 amide bonds. The van der Waals surface area contributed by atoms with E-state index in [2.05, 4.69) is 37.6 Å². The second-order valence-electron chi connectivity index (χ2n) is 5.15. The summed E-state index contributed by atoms with van der Waals surface area (Å²) in [5.41, 5.74) is 1.28. The average Bonchev–Trinajstić information content (AvgIpc) is 2.60. The van der Waals surface area contributed by atoms with Gasteiger partial charge in [-0.15, -0.1) is 6.58 Å². The Kier molecular flexibility index (Phi) is 5.34. The van der Waals surface area contributed by atoms with Crippen molar-refractivity contribution in [3.8, 4) is 0 Å². The molecular weight excluding hydrogens is 184 g/mol. The van der Waals surface area contributed by atoms with E-state index in [1.165, 1.54) is 31.6 Å². The van der Waals surface area contributed by atoms with Crippen LogP contribution in [0.15, 0.2) is 12.2 Å². The van der Waals surface area contributed by atoms with Gasteiger partial charge in [0.15, 0.2) is 0 Å². The molecule has 2 heteroatoms. The lowest BCUT2D eigenvalue weighted by Gasteiger charge is -2.20. The number of nitrogens with one attached hydrogen (secondary N) is 1. The molecule has 88 valence electrons. The van der Waals surface area contributed by atoms with Gasteiger partial charge in [0.25, 0.3) is 0 Å². The first kappa shape index (κ1) is 12.7. The van der Waals surface area contributed by atoms with Crippen LogP contribution in [0.3, 0.4) is 0 Å². The summed E-state index contributed by atoms with van der Waals surface area (Å²) in [7, 11) is 0. The first-order chi connectivity index (χ1) is 7.09. The van der Waals surface area contributed by atoms with Gasteiger partial charge >= 0.3 is 0 Å². The summed E-state index contributed by atoms with van der Waals surface area (Å²) < 4.78 is 0. The Balaban J connectivity index is 2.06. The highest BCUT2D eigenvalue weighted by Crippen LogP contribution is 2.17. The Morgan fingerprint density at radius 1 is 1.53 bits per heavy atom. The molecule has 2 nitrogen and oxygen atoms in total. The zero-order chi connectivity index (χ0) is 11.3. The molecule has 1 fully saturated rings. The van der Waals surface area contributed by atoms with Crippen LogP contribution in [0.5, 0.6) is 0 Å². The maximum absolute atomic E-state index is 3.91. The van der Waals surface area contributed by atoms with Crippen molar-refractivity contribution in [2.75, 3.05) is 26.2 Å². The van der Waals surface area contributed by atoms with Gasteiger partial charge in [0.2, 0.25) is 0 Å². The molecule has 0 spiro atoms. The van der Waals surface area contributed by atoms with Gasteiger partial charge in [-0.05, 0) is 59.2 Å². The molecule has 1 rings (SSSR count). The Labute approximate surface area is 94.7 Å². The molecule has 1 aliphatic rings. The molecule has 0 aromatic rings. The number of likely N-dealkylation sites (tertiary alicyclic amines) is 1. The average molecular weight is 210 g/mol. The molecule has 1 saturated heterocycles. The summed E-state index contributed by atoms with van der Waals surface area (Å²) >= 11 is 0. The lowest BCUT2D eigenvalue weighted by Crippen LogP contribution is -2.31. The fourth-order valence-electron chi connectivity index (χ4n) is 2.11. The van der Waals surface area contributed by atoms with Gasteiger partial charge in [-0.1, -0.05) is 5.57 Å². The van der Waals surface area contributed by atoms with Gasteiger partial charge in [-0.3, -0.25) is 0 Å². The first-order valence-corrected chi connectivity index (χ1v) is 6.18. The monoisotopic (exact) mass is 210 g/mol. The summed E-state index contributed by atoms with van der Waals surface area (Å²) in [5.74, 6) is 0.859. The largest absolute Gasteiger partial charge is 0.316 e. The van der Waals surface area contributed by atoms with E-state index < -0.39 is 0 Å². The van der Waals surface area contributed by atoms with Crippen LogP contribution < -0.4 is 5.32 Å². The van der Waals surface area contributed by atoms with Crippen molar-refractivity contribution in [3.05, 3.63) is 12.2 Å². The van der Waals surface area contributed by atoms with Crippen molar-refractivity contribution in [1.29, 1.82) is 0 Å². The van der Waals surface area contributed by atoms with Crippen LogP contribution in [0.1, 0.15) is 33.6 Å². The maximum Gasteiger partial charge on any atom is 0.00387 e. The van der Waals surface area contributed by atoms with Crippen LogP contribution in [0.25, 0.3) is 0 Å². The predicted octanol–water partition coefficient (Wildman–Crippen LogP) is 2.27. The maximum atomic E-state index is 3.91. The third-order valence-electron chi connectivity index (χ3n) is 3.21. The molecule has 1 atom stereocenters. The molecule has 0 aromatic carbocycles. The molecule has 1 heterocycles. The molecule has 1 aliphatic heterocycles. The van der Waals surface area contributed by atoms with Crippen LogP contribution in [-0.4, -0.2) is 37.1 Å². The highest BCUT2D eigenvalue weighted by Gasteiger charge is 2.23. The minimum Gasteiger partial charge on any atom is -0.316 e. The molecule has 0 saturated carbocycles. The SMILES string of the molecule is C=C(C)CCNCC1CCN(C(C)C)C1. The van der Waals surface area contributed by atoms with E-state index in [1.54, 1.807) is 0 Å². The van der Waals surface area contributed by atoms with Gasteiger partial charge in [0.1, 0.15) is 0 Å². The molecule has 15 heavy (non-hydrogen) atoms. The minimum atomic E-state index is 0.713. The zero-order valence-corrected chi connectivity index (χ0v) is 10.6. The summed E-state index contributed by atoms with van der Waals surface area (Å²) in [6.07, 6.45) is 2.47. The lowest BCUT2D eigenvalue weighted by molar-refractivity contribution is 0.264. The third-order valence-corrected chi connectivity index (χ3v) is 3.21. The van der Waals surface area contributed by atoms with Crippen molar-refractivity contribution in [1.82, 2.24) is 10.2 Å². The second-order valence-corrected chi connectivity index (χ2v) is 5.15. The van der Waals surface area contributed by atoms with E-state index in [-0.39, 0.29) is 0 Å². The fraction of sp³-hybridized carbons (Fsp3) is 0.846. The van der Waals surface area contributed by atoms with Crippen LogP contribution >= 0.6 is 0 Å². The van der Waals surface area contributed by atoms with Crippen LogP contribution in [0, 0.1) is 5.92 Å². The van der Waals surface area contributed by atoms with Crippen molar-refractivity contribution in [3.63, 3.8) is 0 Å². The molecule has 0 radical (unpaired) electrons. The van der Waals surface area contributed by atoms with Gasteiger partial charge in [0, 0.05) is 12.6 Å². The Morgan fingerprint density at radius 2 is 2.27 bits per heavy atom. The lowest BCUT2D eigenvalue weighted by atomic mass is 10.1.